The first-order valence-corrected chi connectivity index (χ1v) is 7.79. The van der Waals surface area contributed by atoms with E-state index in [0.717, 1.165) is 0 Å². The summed E-state index contributed by atoms with van der Waals surface area (Å²) in [4.78, 5) is 18.9. The van der Waals surface area contributed by atoms with Crippen LogP contribution in [0.5, 0.6) is 0 Å². The van der Waals surface area contributed by atoms with Crippen LogP contribution in [0.2, 0.25) is 0 Å². The topological polar surface area (TPSA) is 97.2 Å². The van der Waals surface area contributed by atoms with Gasteiger partial charge in [-0.3, -0.25) is 0 Å². The first-order chi connectivity index (χ1) is 9.81. The number of aromatic carboxylic acids is 1. The zero-order chi connectivity index (χ0) is 15.6. The lowest BCUT2D eigenvalue weighted by Gasteiger charge is -2.11. The van der Waals surface area contributed by atoms with E-state index in [9.17, 15) is 13.2 Å². The highest BCUT2D eigenvalue weighted by molar-refractivity contribution is 7.90. The van der Waals surface area contributed by atoms with Crippen LogP contribution in [0.3, 0.4) is 0 Å². The van der Waals surface area contributed by atoms with Crippen molar-refractivity contribution in [2.24, 2.45) is 0 Å². The van der Waals surface area contributed by atoms with Crippen LogP contribution in [-0.2, 0) is 15.6 Å². The molecule has 7 heteroatoms. The van der Waals surface area contributed by atoms with Crippen LogP contribution in [0.25, 0.3) is 0 Å². The molecule has 6 nitrogen and oxygen atoms in total. The van der Waals surface area contributed by atoms with Crippen LogP contribution >= 0.6 is 0 Å². The molecule has 2 aromatic rings. The van der Waals surface area contributed by atoms with Crippen molar-refractivity contribution in [1.82, 2.24) is 9.97 Å². The Morgan fingerprint density at radius 1 is 1.19 bits per heavy atom. The van der Waals surface area contributed by atoms with Crippen LogP contribution in [0, 0.1) is 13.8 Å². The number of rotatable bonds is 4. The predicted octanol–water partition coefficient (Wildman–Crippen LogP) is 1.77. The van der Waals surface area contributed by atoms with Crippen LogP contribution in [0.1, 0.15) is 27.3 Å². The minimum Gasteiger partial charge on any atom is -0.478 e. The number of benzene rings is 1. The van der Waals surface area contributed by atoms with Gasteiger partial charge in [0, 0.05) is 12.4 Å². The third kappa shape index (κ3) is 3.25. The molecule has 1 aromatic heterocycles. The van der Waals surface area contributed by atoms with Crippen LogP contribution in [0.15, 0.2) is 35.5 Å². The molecule has 1 N–H and O–H groups in total. The molecule has 21 heavy (non-hydrogen) atoms. The van der Waals surface area contributed by atoms with E-state index in [1.54, 1.807) is 19.9 Å². The Balaban J connectivity index is 2.52. The SMILES string of the molecule is Cc1cc(C(=O)O)cc(S(=O)(=O)Cc2ncccn2)c1C. The second kappa shape index (κ2) is 5.61. The van der Waals surface area contributed by atoms with Crippen molar-refractivity contribution in [2.75, 3.05) is 0 Å². The predicted molar refractivity (Wildman–Crippen MR) is 75.8 cm³/mol. The molecule has 0 saturated heterocycles. The van der Waals surface area contributed by atoms with E-state index < -0.39 is 15.8 Å². The third-order valence-corrected chi connectivity index (χ3v) is 4.87. The normalized spacial score (nSPS) is 11.3. The summed E-state index contributed by atoms with van der Waals surface area (Å²) in [6.45, 7) is 3.33. The molecule has 0 radical (unpaired) electrons. The highest BCUT2D eigenvalue weighted by Gasteiger charge is 2.22. The zero-order valence-electron chi connectivity index (χ0n) is 11.6. The number of carbonyl (C=O) groups is 1. The van der Waals surface area contributed by atoms with Crippen LogP contribution in [-0.4, -0.2) is 29.5 Å². The zero-order valence-corrected chi connectivity index (χ0v) is 12.4. The van der Waals surface area contributed by atoms with E-state index in [4.69, 9.17) is 5.11 Å². The van der Waals surface area contributed by atoms with Crippen molar-refractivity contribution >= 4 is 15.8 Å². The summed E-state index contributed by atoms with van der Waals surface area (Å²) in [6, 6.07) is 4.23. The molecule has 0 aliphatic rings. The fourth-order valence-electron chi connectivity index (χ4n) is 1.93. The van der Waals surface area contributed by atoms with Crippen molar-refractivity contribution in [1.29, 1.82) is 0 Å². The van der Waals surface area contributed by atoms with Gasteiger partial charge in [-0.1, -0.05) is 0 Å². The highest BCUT2D eigenvalue weighted by Crippen LogP contribution is 2.24. The fraction of sp³-hybridized carbons (Fsp3) is 0.214. The first kappa shape index (κ1) is 15.1. The highest BCUT2D eigenvalue weighted by atomic mass is 32.2. The van der Waals surface area contributed by atoms with E-state index in [2.05, 4.69) is 9.97 Å². The van der Waals surface area contributed by atoms with Crippen molar-refractivity contribution in [3.63, 3.8) is 0 Å². The van der Waals surface area contributed by atoms with Gasteiger partial charge in [0.2, 0.25) is 0 Å². The average Bonchev–Trinajstić information content (AvgIpc) is 2.41. The molecular formula is C14H14N2O4S. The molecule has 0 atom stereocenters. The Bertz CT molecular complexity index is 786. The van der Waals surface area contributed by atoms with Gasteiger partial charge in [0.25, 0.3) is 0 Å². The van der Waals surface area contributed by atoms with Crippen LogP contribution < -0.4 is 0 Å². The largest absolute Gasteiger partial charge is 0.478 e. The van der Waals surface area contributed by atoms with Crippen molar-refractivity contribution in [3.8, 4) is 0 Å². The average molecular weight is 306 g/mol. The Morgan fingerprint density at radius 3 is 2.38 bits per heavy atom. The first-order valence-electron chi connectivity index (χ1n) is 6.14. The van der Waals surface area contributed by atoms with E-state index in [1.165, 1.54) is 24.5 Å². The quantitative estimate of drug-likeness (QED) is 0.924. The minimum absolute atomic E-state index is 0.00681. The number of sulfone groups is 1. The summed E-state index contributed by atoms with van der Waals surface area (Å²) in [5.41, 5.74) is 1.10. The second-order valence-electron chi connectivity index (χ2n) is 4.65. The van der Waals surface area contributed by atoms with Crippen molar-refractivity contribution in [2.45, 2.75) is 24.5 Å². The van der Waals surface area contributed by atoms with E-state index in [0.29, 0.717) is 11.1 Å². The summed E-state index contributed by atoms with van der Waals surface area (Å²) < 4.78 is 25.0. The van der Waals surface area contributed by atoms with Gasteiger partial charge in [0.15, 0.2) is 9.84 Å². The lowest BCUT2D eigenvalue weighted by atomic mass is 10.1. The van der Waals surface area contributed by atoms with Gasteiger partial charge in [-0.2, -0.15) is 0 Å². The standard InChI is InChI=1S/C14H14N2O4S/c1-9-6-11(14(17)18)7-12(10(9)2)21(19,20)8-13-15-4-3-5-16-13/h3-7H,8H2,1-2H3,(H,17,18). The molecule has 0 aliphatic heterocycles. The molecular weight excluding hydrogens is 292 g/mol. The Labute approximate surface area is 122 Å². The molecule has 0 spiro atoms. The Hall–Kier alpha value is -2.28. The molecule has 0 saturated carbocycles. The van der Waals surface area contributed by atoms with Gasteiger partial charge < -0.3 is 5.11 Å². The Kier molecular flexibility index (Phi) is 4.04. The second-order valence-corrected chi connectivity index (χ2v) is 6.60. The number of hydrogen-bond donors (Lipinski definition) is 1. The van der Waals surface area contributed by atoms with Gasteiger partial charge in [-0.05, 0) is 43.2 Å². The molecule has 0 fully saturated rings. The summed E-state index contributed by atoms with van der Waals surface area (Å²) in [7, 11) is -3.71. The van der Waals surface area contributed by atoms with Gasteiger partial charge in [-0.15, -0.1) is 0 Å². The lowest BCUT2D eigenvalue weighted by Crippen LogP contribution is -2.11. The maximum absolute atomic E-state index is 12.5. The molecule has 0 amide bonds. The van der Waals surface area contributed by atoms with Crippen LogP contribution in [0.4, 0.5) is 0 Å². The van der Waals surface area contributed by atoms with Crippen molar-refractivity contribution < 1.29 is 18.3 Å². The molecule has 1 heterocycles. The number of carboxylic acid groups (broad SMARTS) is 1. The maximum Gasteiger partial charge on any atom is 0.335 e. The molecule has 2 rings (SSSR count). The number of aryl methyl sites for hydroxylation is 1. The summed E-state index contributed by atoms with van der Waals surface area (Å²) in [5.74, 6) is -1.35. The van der Waals surface area contributed by atoms with E-state index in [1.807, 2.05) is 0 Å². The maximum atomic E-state index is 12.5. The molecule has 0 aliphatic carbocycles. The van der Waals surface area contributed by atoms with E-state index in [-0.39, 0.29) is 22.0 Å². The third-order valence-electron chi connectivity index (χ3n) is 3.14. The number of nitrogens with zero attached hydrogens (tertiary/aromatic N) is 2. The summed E-state index contributed by atoms with van der Waals surface area (Å²) in [6.07, 6.45) is 2.92. The summed E-state index contributed by atoms with van der Waals surface area (Å²) >= 11 is 0. The van der Waals surface area contributed by atoms with Gasteiger partial charge in [0.05, 0.1) is 10.5 Å². The fourth-order valence-corrected chi connectivity index (χ4v) is 3.50. The van der Waals surface area contributed by atoms with Gasteiger partial charge in [-0.25, -0.2) is 23.2 Å². The monoisotopic (exact) mass is 306 g/mol. The number of carboxylic acids is 1. The minimum atomic E-state index is -3.71. The molecule has 0 bridgehead atoms. The summed E-state index contributed by atoms with van der Waals surface area (Å²) in [5, 5.41) is 9.06. The number of hydrogen-bond acceptors (Lipinski definition) is 5. The molecule has 0 unspecified atom stereocenters. The lowest BCUT2D eigenvalue weighted by molar-refractivity contribution is 0.0696. The van der Waals surface area contributed by atoms with Gasteiger partial charge in [0.1, 0.15) is 11.6 Å². The molecule has 110 valence electrons. The smallest absolute Gasteiger partial charge is 0.335 e. The van der Waals surface area contributed by atoms with Gasteiger partial charge >= 0.3 is 5.97 Å². The number of aromatic nitrogens is 2. The molecule has 1 aromatic carbocycles. The van der Waals surface area contributed by atoms with E-state index >= 15 is 0 Å². The Morgan fingerprint density at radius 2 is 1.81 bits per heavy atom. The van der Waals surface area contributed by atoms with Crippen molar-refractivity contribution in [3.05, 3.63) is 53.1 Å².